The first-order chi connectivity index (χ1) is 23.5. The Labute approximate surface area is 285 Å². The van der Waals surface area contributed by atoms with Gasteiger partial charge in [0.25, 0.3) is 5.56 Å². The molecule has 1 amide bonds. The quantitative estimate of drug-likeness (QED) is 0.126. The summed E-state index contributed by atoms with van der Waals surface area (Å²) in [6.45, 7) is -0.224. The average Bonchev–Trinajstić information content (AvgIpc) is 3.68. The molecule has 3 heterocycles. The number of nitrogens with zero attached hydrogens (tertiary/aromatic N) is 6. The van der Waals surface area contributed by atoms with Crippen LogP contribution in [0.2, 0.25) is 5.02 Å². The predicted molar refractivity (Wildman–Crippen MR) is 179 cm³/mol. The van der Waals surface area contributed by atoms with Crippen LogP contribution in [0, 0.1) is 23.3 Å². The number of nitrogens with one attached hydrogen (secondary N) is 2. The number of hydrogen-bond acceptors (Lipinski definition) is 7. The topological polar surface area (TPSA) is 112 Å². The van der Waals surface area contributed by atoms with E-state index < -0.39 is 46.2 Å². The van der Waals surface area contributed by atoms with Crippen LogP contribution >= 0.6 is 23.5 Å². The summed E-state index contributed by atoms with van der Waals surface area (Å²) in [6, 6.07) is 7.98. The standard InChI is InChI=1S/C33H27ClF4N8O2S/c1-44-30-26(6-5-21(34)28(30)31(42-44)43-49-2)46-32(40-24-14-20(37)13-22(38)29(24)33(46)48)25(11-16-9-18(35)12-19(36)10-16)39-27(47)15-45-8-7-23(41-45)17-3-4-17/h5-10,12-14,17,25H,3-4,11,15H2,1-2H3,(H,39,47)(H,42,43). The Kier molecular flexibility index (Phi) is 8.57. The maximum absolute atomic E-state index is 15.3. The van der Waals surface area contributed by atoms with E-state index in [2.05, 4.69) is 25.2 Å². The second-order valence-corrected chi connectivity index (χ2v) is 12.8. The van der Waals surface area contributed by atoms with Crippen LogP contribution in [-0.2, 0) is 24.8 Å². The summed E-state index contributed by atoms with van der Waals surface area (Å²) in [6.07, 6.45) is 5.24. The highest BCUT2D eigenvalue weighted by Crippen LogP contribution is 2.39. The molecule has 0 bridgehead atoms. The van der Waals surface area contributed by atoms with E-state index in [4.69, 9.17) is 11.6 Å². The molecule has 49 heavy (non-hydrogen) atoms. The first kappa shape index (κ1) is 32.6. The molecule has 0 aliphatic heterocycles. The van der Waals surface area contributed by atoms with E-state index in [1.807, 2.05) is 6.07 Å². The van der Waals surface area contributed by atoms with Crippen molar-refractivity contribution in [3.63, 3.8) is 0 Å². The third kappa shape index (κ3) is 6.35. The zero-order valence-corrected chi connectivity index (χ0v) is 27.5. The fraction of sp³-hybridized carbons (Fsp3) is 0.242. The highest BCUT2D eigenvalue weighted by molar-refractivity contribution is 7.99. The Morgan fingerprint density at radius 2 is 1.76 bits per heavy atom. The monoisotopic (exact) mass is 710 g/mol. The minimum Gasteiger partial charge on any atom is -0.344 e. The fourth-order valence-corrected chi connectivity index (χ4v) is 6.62. The van der Waals surface area contributed by atoms with Crippen LogP contribution in [0.1, 0.15) is 41.9 Å². The molecule has 10 nitrogen and oxygen atoms in total. The summed E-state index contributed by atoms with van der Waals surface area (Å²) in [5, 5.41) is 12.0. The lowest BCUT2D eigenvalue weighted by Gasteiger charge is -2.24. The first-order valence-corrected chi connectivity index (χ1v) is 16.7. The van der Waals surface area contributed by atoms with E-state index in [0.29, 0.717) is 39.8 Å². The van der Waals surface area contributed by atoms with E-state index in [0.717, 1.165) is 41.3 Å². The summed E-state index contributed by atoms with van der Waals surface area (Å²) in [5.41, 5.74) is 0.256. The summed E-state index contributed by atoms with van der Waals surface area (Å²) >= 11 is 7.88. The maximum Gasteiger partial charge on any atom is 0.269 e. The number of halogens is 5. The van der Waals surface area contributed by atoms with E-state index in [1.165, 1.54) is 33.4 Å². The number of anilines is 1. The van der Waals surface area contributed by atoms with E-state index in [1.54, 1.807) is 19.5 Å². The van der Waals surface area contributed by atoms with Gasteiger partial charge in [0.2, 0.25) is 5.91 Å². The molecule has 1 fully saturated rings. The average molecular weight is 711 g/mol. The van der Waals surface area contributed by atoms with Gasteiger partial charge in [-0.25, -0.2) is 22.5 Å². The number of carbonyl (C=O) groups is 1. The van der Waals surface area contributed by atoms with Crippen LogP contribution in [-0.4, -0.2) is 41.3 Å². The van der Waals surface area contributed by atoms with Crippen molar-refractivity contribution in [3.05, 3.63) is 110 Å². The molecule has 0 saturated heterocycles. The van der Waals surface area contributed by atoms with Crippen molar-refractivity contribution in [1.82, 2.24) is 34.4 Å². The fourth-order valence-electron chi connectivity index (χ4n) is 6.04. The van der Waals surface area contributed by atoms with Gasteiger partial charge in [-0.3, -0.25) is 23.5 Å². The molecule has 3 aromatic carbocycles. The van der Waals surface area contributed by atoms with Gasteiger partial charge in [0.05, 0.1) is 38.9 Å². The number of rotatable bonds is 10. The van der Waals surface area contributed by atoms with Gasteiger partial charge in [0.1, 0.15) is 41.0 Å². The van der Waals surface area contributed by atoms with Crippen LogP contribution < -0.4 is 15.6 Å². The number of aromatic nitrogens is 6. The zero-order valence-electron chi connectivity index (χ0n) is 26.0. The SMILES string of the molecule is CSNc1nn(C)c2c(-n3c(C(Cc4cc(F)cc(F)c4)NC(=O)Cn4ccc(C5CC5)n4)nc4cc(F)cc(F)c4c3=O)ccc(Cl)c12. The molecule has 0 radical (unpaired) electrons. The Balaban J connectivity index is 1.45. The molecular formula is C33H27ClF4N8O2S. The minimum atomic E-state index is -1.25. The van der Waals surface area contributed by atoms with Gasteiger partial charge >= 0.3 is 0 Å². The van der Waals surface area contributed by atoms with Crippen molar-refractivity contribution >= 4 is 57.1 Å². The largest absolute Gasteiger partial charge is 0.344 e. The lowest BCUT2D eigenvalue weighted by Crippen LogP contribution is -2.37. The van der Waals surface area contributed by atoms with Crippen LogP contribution in [0.4, 0.5) is 23.4 Å². The molecule has 3 aromatic heterocycles. The van der Waals surface area contributed by atoms with Gasteiger partial charge in [0.15, 0.2) is 5.82 Å². The normalized spacial score (nSPS) is 13.7. The molecule has 1 unspecified atom stereocenters. The zero-order chi connectivity index (χ0) is 34.6. The molecule has 0 spiro atoms. The van der Waals surface area contributed by atoms with Gasteiger partial charge in [-0.05, 0) is 48.7 Å². The van der Waals surface area contributed by atoms with Crippen LogP contribution in [0.5, 0.6) is 0 Å². The lowest BCUT2D eigenvalue weighted by molar-refractivity contribution is -0.122. The van der Waals surface area contributed by atoms with E-state index >= 15 is 4.39 Å². The molecule has 7 rings (SSSR count). The Morgan fingerprint density at radius 3 is 2.47 bits per heavy atom. The van der Waals surface area contributed by atoms with Crippen molar-refractivity contribution in [3.8, 4) is 5.69 Å². The third-order valence-corrected chi connectivity index (χ3v) is 8.96. The Morgan fingerprint density at radius 1 is 1.02 bits per heavy atom. The number of hydrogen-bond donors (Lipinski definition) is 2. The van der Waals surface area contributed by atoms with Gasteiger partial charge in [-0.1, -0.05) is 23.5 Å². The van der Waals surface area contributed by atoms with Crippen molar-refractivity contribution in [2.24, 2.45) is 7.05 Å². The molecule has 2 N–H and O–H groups in total. The molecular weight excluding hydrogens is 684 g/mol. The van der Waals surface area contributed by atoms with Crippen molar-refractivity contribution < 1.29 is 22.4 Å². The number of fused-ring (bicyclic) bond motifs is 2. The highest BCUT2D eigenvalue weighted by Gasteiger charge is 2.29. The first-order valence-electron chi connectivity index (χ1n) is 15.1. The van der Waals surface area contributed by atoms with Crippen molar-refractivity contribution in [2.45, 2.75) is 37.8 Å². The third-order valence-electron chi connectivity index (χ3n) is 8.24. The molecule has 252 valence electrons. The molecule has 1 aliphatic carbocycles. The summed E-state index contributed by atoms with van der Waals surface area (Å²) in [4.78, 5) is 32.6. The lowest BCUT2D eigenvalue weighted by atomic mass is 10.0. The van der Waals surface area contributed by atoms with Crippen molar-refractivity contribution in [2.75, 3.05) is 11.0 Å². The summed E-state index contributed by atoms with van der Waals surface area (Å²) < 4.78 is 65.8. The van der Waals surface area contributed by atoms with Gasteiger partial charge in [-0.15, -0.1) is 0 Å². The Hall–Kier alpha value is -4.89. The smallest absolute Gasteiger partial charge is 0.269 e. The number of aryl methyl sites for hydroxylation is 1. The summed E-state index contributed by atoms with van der Waals surface area (Å²) in [7, 11) is 1.62. The van der Waals surface area contributed by atoms with Crippen molar-refractivity contribution in [1.29, 1.82) is 0 Å². The molecule has 1 saturated carbocycles. The van der Waals surface area contributed by atoms with Gasteiger partial charge in [0, 0.05) is 50.0 Å². The molecule has 16 heteroatoms. The molecule has 6 aromatic rings. The Bertz CT molecular complexity index is 2320. The molecule has 1 aliphatic rings. The highest BCUT2D eigenvalue weighted by atomic mass is 35.5. The second kappa shape index (κ2) is 12.9. The van der Waals surface area contributed by atoms with E-state index in [9.17, 15) is 22.8 Å². The van der Waals surface area contributed by atoms with Crippen LogP contribution in [0.3, 0.4) is 0 Å². The number of amides is 1. The van der Waals surface area contributed by atoms with Gasteiger partial charge in [-0.2, -0.15) is 10.2 Å². The van der Waals surface area contributed by atoms with Crippen LogP contribution in [0.15, 0.2) is 59.5 Å². The predicted octanol–water partition coefficient (Wildman–Crippen LogP) is 6.35. The number of carbonyl (C=O) groups excluding carboxylic acids is 1. The summed E-state index contributed by atoms with van der Waals surface area (Å²) in [5.74, 6) is -3.83. The van der Waals surface area contributed by atoms with E-state index in [-0.39, 0.29) is 35.6 Å². The maximum atomic E-state index is 15.3. The molecule has 1 atom stereocenters. The van der Waals surface area contributed by atoms with Gasteiger partial charge < -0.3 is 10.0 Å². The minimum absolute atomic E-state index is 0.123. The second-order valence-electron chi connectivity index (χ2n) is 11.8. The number of benzene rings is 3. The van der Waals surface area contributed by atoms with Crippen LogP contribution in [0.25, 0.3) is 27.5 Å².